The van der Waals surface area contributed by atoms with Gasteiger partial charge in [0.2, 0.25) is 0 Å². The zero-order chi connectivity index (χ0) is 13.8. The van der Waals surface area contributed by atoms with Crippen LogP contribution >= 0.6 is 0 Å². The number of nitrogens with zero attached hydrogens (tertiary/aromatic N) is 1. The molecule has 1 aromatic heterocycles. The van der Waals surface area contributed by atoms with Crippen LogP contribution in [0.1, 0.15) is 43.0 Å². The van der Waals surface area contributed by atoms with Gasteiger partial charge in [0.1, 0.15) is 0 Å². The van der Waals surface area contributed by atoms with Crippen molar-refractivity contribution in [3.05, 3.63) is 71.6 Å². The van der Waals surface area contributed by atoms with Gasteiger partial charge < -0.3 is 0 Å². The van der Waals surface area contributed by atoms with Crippen molar-refractivity contribution in [2.45, 2.75) is 39.2 Å². The van der Waals surface area contributed by atoms with Crippen LogP contribution in [-0.2, 0) is 13.0 Å². The smallest absolute Gasteiger partial charge is 0.186 e. The van der Waals surface area contributed by atoms with Crippen molar-refractivity contribution < 1.29 is 4.57 Å². The van der Waals surface area contributed by atoms with Crippen molar-refractivity contribution in [1.82, 2.24) is 0 Å². The Morgan fingerprint density at radius 2 is 1.95 bits per heavy atom. The summed E-state index contributed by atoms with van der Waals surface area (Å²) in [7, 11) is 0. The number of rotatable bonds is 3. The number of aromatic nitrogens is 1. The van der Waals surface area contributed by atoms with Gasteiger partial charge in [-0.25, -0.2) is 0 Å². The fraction of sp³-hybridized carbons (Fsp3) is 0.316. The first-order valence-electron chi connectivity index (χ1n) is 7.63. The second kappa shape index (κ2) is 6.04. The zero-order valence-corrected chi connectivity index (χ0v) is 12.2. The highest BCUT2D eigenvalue weighted by atomic mass is 15.0. The van der Waals surface area contributed by atoms with E-state index < -0.39 is 0 Å². The molecule has 1 nitrogen and oxygen atoms in total. The first kappa shape index (κ1) is 13.1. The van der Waals surface area contributed by atoms with E-state index in [2.05, 4.69) is 66.2 Å². The van der Waals surface area contributed by atoms with Crippen LogP contribution in [0.15, 0.2) is 54.7 Å². The first-order chi connectivity index (χ1) is 9.88. The molecule has 0 radical (unpaired) electrons. The molecule has 0 unspecified atom stereocenters. The van der Waals surface area contributed by atoms with Crippen molar-refractivity contribution in [1.29, 1.82) is 0 Å². The Bertz CT molecular complexity index is 625. The van der Waals surface area contributed by atoms with Crippen molar-refractivity contribution >= 4 is 5.57 Å². The molecule has 0 spiro atoms. The Hall–Kier alpha value is -1.89. The summed E-state index contributed by atoms with van der Waals surface area (Å²) in [5.74, 6) is 0. The van der Waals surface area contributed by atoms with Gasteiger partial charge in [-0.15, -0.1) is 0 Å². The lowest BCUT2D eigenvalue weighted by Crippen LogP contribution is -2.37. The Morgan fingerprint density at radius 1 is 1.10 bits per heavy atom. The largest absolute Gasteiger partial charge is 0.198 e. The summed E-state index contributed by atoms with van der Waals surface area (Å²) in [5, 5.41) is 0. The van der Waals surface area contributed by atoms with Gasteiger partial charge in [0.05, 0.1) is 6.42 Å². The SMILES string of the molecule is CCCC/C=C1/C[n+]2ccccc2Cc2ccccc21. The minimum absolute atomic E-state index is 0.997. The van der Waals surface area contributed by atoms with Gasteiger partial charge in [-0.1, -0.05) is 56.2 Å². The summed E-state index contributed by atoms with van der Waals surface area (Å²) in [5.41, 5.74) is 5.77. The molecule has 0 bridgehead atoms. The van der Waals surface area contributed by atoms with Crippen LogP contribution in [0.25, 0.3) is 5.57 Å². The van der Waals surface area contributed by atoms with Gasteiger partial charge in [-0.3, -0.25) is 0 Å². The molecule has 0 atom stereocenters. The molecule has 1 heteroatoms. The minimum atomic E-state index is 0.997. The normalized spacial score (nSPS) is 15.6. The van der Waals surface area contributed by atoms with Gasteiger partial charge in [0, 0.05) is 17.7 Å². The Kier molecular flexibility index (Phi) is 3.96. The molecule has 0 aliphatic carbocycles. The molecule has 0 saturated carbocycles. The molecule has 1 aromatic carbocycles. The summed E-state index contributed by atoms with van der Waals surface area (Å²) < 4.78 is 2.39. The molecular weight excluding hydrogens is 242 g/mol. The minimum Gasteiger partial charge on any atom is -0.198 e. The predicted molar refractivity (Wildman–Crippen MR) is 83.4 cm³/mol. The number of fused-ring (bicyclic) bond motifs is 2. The predicted octanol–water partition coefficient (Wildman–Crippen LogP) is 4.15. The van der Waals surface area contributed by atoms with E-state index in [4.69, 9.17) is 0 Å². The van der Waals surface area contributed by atoms with Gasteiger partial charge in [0.15, 0.2) is 18.4 Å². The van der Waals surface area contributed by atoms with E-state index in [1.165, 1.54) is 41.7 Å². The van der Waals surface area contributed by atoms with Crippen LogP contribution < -0.4 is 4.57 Å². The van der Waals surface area contributed by atoms with Crippen LogP contribution in [-0.4, -0.2) is 0 Å². The average molecular weight is 264 g/mol. The van der Waals surface area contributed by atoms with E-state index >= 15 is 0 Å². The van der Waals surface area contributed by atoms with Gasteiger partial charge in [-0.2, -0.15) is 4.57 Å². The Labute approximate surface area is 121 Å². The summed E-state index contributed by atoms with van der Waals surface area (Å²) in [6.45, 7) is 3.25. The van der Waals surface area contributed by atoms with Crippen LogP contribution in [0, 0.1) is 0 Å². The van der Waals surface area contributed by atoms with Crippen molar-refractivity contribution in [3.63, 3.8) is 0 Å². The van der Waals surface area contributed by atoms with E-state index in [1.54, 1.807) is 0 Å². The first-order valence-corrected chi connectivity index (χ1v) is 7.63. The number of pyridine rings is 1. The molecule has 2 heterocycles. The molecule has 20 heavy (non-hydrogen) atoms. The highest BCUT2D eigenvalue weighted by Crippen LogP contribution is 2.25. The van der Waals surface area contributed by atoms with Gasteiger partial charge in [-0.05, 0) is 17.5 Å². The lowest BCUT2D eigenvalue weighted by molar-refractivity contribution is -0.690. The lowest BCUT2D eigenvalue weighted by Gasteiger charge is -2.06. The molecule has 0 N–H and O–H groups in total. The third-order valence-electron chi connectivity index (χ3n) is 4.06. The van der Waals surface area contributed by atoms with Crippen LogP contribution in [0.2, 0.25) is 0 Å². The summed E-state index contributed by atoms with van der Waals surface area (Å²) in [6.07, 6.45) is 9.39. The van der Waals surface area contributed by atoms with Gasteiger partial charge >= 0.3 is 0 Å². The van der Waals surface area contributed by atoms with E-state index in [0.29, 0.717) is 0 Å². The van der Waals surface area contributed by atoms with Gasteiger partial charge in [0.25, 0.3) is 0 Å². The zero-order valence-electron chi connectivity index (χ0n) is 12.2. The van der Waals surface area contributed by atoms with Crippen LogP contribution in [0.4, 0.5) is 0 Å². The monoisotopic (exact) mass is 264 g/mol. The quantitative estimate of drug-likeness (QED) is 0.579. The fourth-order valence-corrected chi connectivity index (χ4v) is 2.93. The summed E-state index contributed by atoms with van der Waals surface area (Å²) >= 11 is 0. The number of hydrogen-bond donors (Lipinski definition) is 0. The topological polar surface area (TPSA) is 3.88 Å². The second-order valence-corrected chi connectivity index (χ2v) is 5.53. The maximum absolute atomic E-state index is 2.44. The maximum Gasteiger partial charge on any atom is 0.186 e. The van der Waals surface area contributed by atoms with Crippen molar-refractivity contribution in [3.8, 4) is 0 Å². The van der Waals surface area contributed by atoms with E-state index in [9.17, 15) is 0 Å². The second-order valence-electron chi connectivity index (χ2n) is 5.53. The van der Waals surface area contributed by atoms with Crippen molar-refractivity contribution in [2.24, 2.45) is 0 Å². The van der Waals surface area contributed by atoms with Crippen molar-refractivity contribution in [2.75, 3.05) is 0 Å². The third-order valence-corrected chi connectivity index (χ3v) is 4.06. The molecule has 3 rings (SSSR count). The molecule has 0 amide bonds. The van der Waals surface area contributed by atoms with Crippen LogP contribution in [0.3, 0.4) is 0 Å². The number of unbranched alkanes of at least 4 members (excludes halogenated alkanes) is 2. The van der Waals surface area contributed by atoms with E-state index in [1.807, 2.05) is 0 Å². The number of benzene rings is 1. The molecular formula is C19H22N+. The average Bonchev–Trinajstić information content (AvgIpc) is 2.64. The van der Waals surface area contributed by atoms with Crippen LogP contribution in [0.5, 0.6) is 0 Å². The molecule has 0 saturated heterocycles. The van der Waals surface area contributed by atoms with E-state index in [-0.39, 0.29) is 0 Å². The maximum atomic E-state index is 2.44. The molecule has 1 aliphatic rings. The Morgan fingerprint density at radius 3 is 2.85 bits per heavy atom. The summed E-state index contributed by atoms with van der Waals surface area (Å²) in [6, 6.07) is 15.4. The highest BCUT2D eigenvalue weighted by Gasteiger charge is 2.21. The Balaban J connectivity index is 2.03. The molecule has 0 fully saturated rings. The lowest BCUT2D eigenvalue weighted by atomic mass is 9.97. The highest BCUT2D eigenvalue weighted by molar-refractivity contribution is 5.68. The standard InChI is InChI=1S/C19H22N/c1-2-3-4-10-17-15-20-13-8-7-11-18(20)14-16-9-5-6-12-19(16)17/h5-13H,2-4,14-15H2,1H3/q+1/b17-10-. The van der Waals surface area contributed by atoms with E-state index in [0.717, 1.165) is 13.0 Å². The number of hydrogen-bond acceptors (Lipinski definition) is 0. The summed E-state index contributed by atoms with van der Waals surface area (Å²) in [4.78, 5) is 0. The molecule has 102 valence electrons. The molecule has 2 aromatic rings. The fourth-order valence-electron chi connectivity index (χ4n) is 2.93. The molecule has 1 aliphatic heterocycles. The third kappa shape index (κ3) is 2.67. The number of allylic oxidation sites excluding steroid dienone is 2.